The number of aromatic amines is 1. The summed E-state index contributed by atoms with van der Waals surface area (Å²) in [6.45, 7) is 1.22. The molecule has 1 N–H and O–H groups in total. The number of rotatable bonds is 4. The number of H-pyrrole nitrogens is 1. The van der Waals surface area contributed by atoms with E-state index in [0.717, 1.165) is 12.0 Å². The van der Waals surface area contributed by atoms with Crippen LogP contribution in [0.15, 0.2) is 65.5 Å². The molecular formula is C26H23N3O4S. The third-order valence-corrected chi connectivity index (χ3v) is 6.47. The van der Waals surface area contributed by atoms with Crippen LogP contribution in [0.1, 0.15) is 21.5 Å². The Bertz CT molecular complexity index is 1540. The summed E-state index contributed by atoms with van der Waals surface area (Å²) in [5.41, 5.74) is 3.63. The molecule has 0 saturated carbocycles. The lowest BCUT2D eigenvalue weighted by atomic mass is 9.99. The average molecular weight is 474 g/mol. The van der Waals surface area contributed by atoms with Crippen LogP contribution in [0.3, 0.4) is 0 Å². The zero-order chi connectivity index (χ0) is 23.8. The monoisotopic (exact) mass is 473 g/mol. The van der Waals surface area contributed by atoms with E-state index in [2.05, 4.69) is 17.1 Å². The van der Waals surface area contributed by atoms with Gasteiger partial charge in [0.2, 0.25) is 0 Å². The van der Waals surface area contributed by atoms with Crippen LogP contribution in [0, 0.1) is 4.77 Å². The van der Waals surface area contributed by atoms with E-state index in [1.54, 1.807) is 43.5 Å². The van der Waals surface area contributed by atoms with E-state index in [9.17, 15) is 9.59 Å². The minimum Gasteiger partial charge on any atom is -0.497 e. The average Bonchev–Trinajstić information content (AvgIpc) is 2.87. The molecule has 2 heterocycles. The lowest BCUT2D eigenvalue weighted by molar-refractivity contribution is 0.0735. The SMILES string of the molecule is COc1ccc(OC)c(-n2c(=S)[nH]c3cc(C(=O)N4CCc5ccccc5C4)ccc3c2=O)c1. The molecule has 0 atom stereocenters. The van der Waals surface area contributed by atoms with Crippen molar-refractivity contribution in [1.82, 2.24) is 14.5 Å². The van der Waals surface area contributed by atoms with Gasteiger partial charge in [0, 0.05) is 24.7 Å². The van der Waals surface area contributed by atoms with Gasteiger partial charge in [0.05, 0.1) is 30.8 Å². The first-order valence-electron chi connectivity index (χ1n) is 10.9. The molecule has 0 bridgehead atoms. The first kappa shape index (κ1) is 21.9. The summed E-state index contributed by atoms with van der Waals surface area (Å²) < 4.78 is 12.3. The first-order valence-corrected chi connectivity index (χ1v) is 11.3. The molecule has 1 aliphatic rings. The Hall–Kier alpha value is -3.91. The molecular weight excluding hydrogens is 450 g/mol. The first-order chi connectivity index (χ1) is 16.5. The Balaban J connectivity index is 1.55. The van der Waals surface area contributed by atoms with Crippen LogP contribution in [-0.2, 0) is 13.0 Å². The highest BCUT2D eigenvalue weighted by atomic mass is 32.1. The molecule has 1 amide bonds. The number of methoxy groups -OCH3 is 2. The maximum atomic E-state index is 13.4. The molecule has 0 unspecified atom stereocenters. The number of carbonyl (C=O) groups is 1. The molecule has 1 aromatic heterocycles. The molecule has 34 heavy (non-hydrogen) atoms. The van der Waals surface area contributed by atoms with Gasteiger partial charge < -0.3 is 19.4 Å². The fraction of sp³-hybridized carbons (Fsp3) is 0.192. The van der Waals surface area contributed by atoms with Gasteiger partial charge in [-0.15, -0.1) is 0 Å². The van der Waals surface area contributed by atoms with Crippen molar-refractivity contribution in [3.05, 3.63) is 92.5 Å². The van der Waals surface area contributed by atoms with Gasteiger partial charge in [0.1, 0.15) is 11.5 Å². The minimum atomic E-state index is -0.309. The van der Waals surface area contributed by atoms with Crippen molar-refractivity contribution in [3.63, 3.8) is 0 Å². The summed E-state index contributed by atoms with van der Waals surface area (Å²) in [5, 5.41) is 0.416. The maximum Gasteiger partial charge on any atom is 0.266 e. The second kappa shape index (κ2) is 8.79. The molecule has 0 fully saturated rings. The summed E-state index contributed by atoms with van der Waals surface area (Å²) in [5.74, 6) is 0.981. The molecule has 0 spiro atoms. The Kier molecular flexibility index (Phi) is 5.67. The number of hydrogen-bond donors (Lipinski definition) is 1. The van der Waals surface area contributed by atoms with Crippen molar-refractivity contribution < 1.29 is 14.3 Å². The zero-order valence-corrected chi connectivity index (χ0v) is 19.6. The Morgan fingerprint density at radius 3 is 2.56 bits per heavy atom. The van der Waals surface area contributed by atoms with Gasteiger partial charge in [-0.25, -0.2) is 4.57 Å². The molecule has 5 rings (SSSR count). The van der Waals surface area contributed by atoms with Crippen molar-refractivity contribution in [2.45, 2.75) is 13.0 Å². The predicted molar refractivity (Wildman–Crippen MR) is 133 cm³/mol. The second-order valence-electron chi connectivity index (χ2n) is 8.11. The van der Waals surface area contributed by atoms with E-state index in [0.29, 0.717) is 46.7 Å². The van der Waals surface area contributed by atoms with Crippen LogP contribution in [0.4, 0.5) is 0 Å². The van der Waals surface area contributed by atoms with E-state index in [1.165, 1.54) is 17.2 Å². The van der Waals surface area contributed by atoms with Crippen molar-refractivity contribution in [1.29, 1.82) is 0 Å². The quantitative estimate of drug-likeness (QED) is 0.448. The van der Waals surface area contributed by atoms with Crippen LogP contribution in [0.5, 0.6) is 11.5 Å². The summed E-state index contributed by atoms with van der Waals surface area (Å²) in [4.78, 5) is 31.6. The van der Waals surface area contributed by atoms with Gasteiger partial charge in [-0.2, -0.15) is 0 Å². The minimum absolute atomic E-state index is 0.0747. The van der Waals surface area contributed by atoms with E-state index >= 15 is 0 Å². The fourth-order valence-corrected chi connectivity index (χ4v) is 4.68. The summed E-state index contributed by atoms with van der Waals surface area (Å²) in [6.07, 6.45) is 0.824. The molecule has 0 radical (unpaired) electrons. The number of nitrogens with zero attached hydrogens (tertiary/aromatic N) is 2. The van der Waals surface area contributed by atoms with Gasteiger partial charge >= 0.3 is 0 Å². The highest BCUT2D eigenvalue weighted by Crippen LogP contribution is 2.27. The number of ether oxygens (including phenoxy) is 2. The summed E-state index contributed by atoms with van der Waals surface area (Å²) in [6, 6.07) is 18.4. The van der Waals surface area contributed by atoms with Crippen molar-refractivity contribution in [2.24, 2.45) is 0 Å². The van der Waals surface area contributed by atoms with Gasteiger partial charge in [0.15, 0.2) is 4.77 Å². The molecule has 0 aliphatic carbocycles. The van der Waals surface area contributed by atoms with Gasteiger partial charge in [-0.3, -0.25) is 9.59 Å². The normalized spacial score (nSPS) is 12.9. The Morgan fingerprint density at radius 1 is 1.00 bits per heavy atom. The van der Waals surface area contributed by atoms with E-state index in [-0.39, 0.29) is 16.2 Å². The molecule has 0 saturated heterocycles. The molecule has 172 valence electrons. The molecule has 7 nitrogen and oxygen atoms in total. The summed E-state index contributed by atoms with van der Waals surface area (Å²) in [7, 11) is 3.08. The number of nitrogens with one attached hydrogen (secondary N) is 1. The van der Waals surface area contributed by atoms with Crippen molar-refractivity contribution >= 4 is 29.0 Å². The molecule has 3 aromatic carbocycles. The topological polar surface area (TPSA) is 76.6 Å². The van der Waals surface area contributed by atoms with Crippen LogP contribution < -0.4 is 15.0 Å². The number of amides is 1. The molecule has 8 heteroatoms. The maximum absolute atomic E-state index is 13.4. The van der Waals surface area contributed by atoms with Gasteiger partial charge in [-0.05, 0) is 60.1 Å². The van der Waals surface area contributed by atoms with Crippen LogP contribution in [0.25, 0.3) is 16.6 Å². The third kappa shape index (κ3) is 3.76. The van der Waals surface area contributed by atoms with Crippen molar-refractivity contribution in [2.75, 3.05) is 20.8 Å². The second-order valence-corrected chi connectivity index (χ2v) is 8.50. The highest BCUT2D eigenvalue weighted by Gasteiger charge is 2.22. The number of fused-ring (bicyclic) bond motifs is 2. The molecule has 1 aliphatic heterocycles. The number of carbonyl (C=O) groups excluding carboxylic acids is 1. The largest absolute Gasteiger partial charge is 0.497 e. The number of hydrogen-bond acceptors (Lipinski definition) is 5. The third-order valence-electron chi connectivity index (χ3n) is 6.19. The summed E-state index contributed by atoms with van der Waals surface area (Å²) >= 11 is 5.53. The van der Waals surface area contributed by atoms with Gasteiger partial charge in [-0.1, -0.05) is 24.3 Å². The van der Waals surface area contributed by atoms with Crippen LogP contribution in [0.2, 0.25) is 0 Å². The van der Waals surface area contributed by atoms with E-state index in [4.69, 9.17) is 21.7 Å². The standard InChI is InChI=1S/C26H23N3O4S/c1-32-19-8-10-23(33-2)22(14-19)29-25(31)20-9-7-17(13-21(20)27-26(29)34)24(30)28-12-11-16-5-3-4-6-18(16)15-28/h3-10,13-14H,11-12,15H2,1-2H3,(H,27,34). The lowest BCUT2D eigenvalue weighted by Crippen LogP contribution is -2.36. The zero-order valence-electron chi connectivity index (χ0n) is 18.8. The van der Waals surface area contributed by atoms with E-state index in [1.807, 2.05) is 17.0 Å². The van der Waals surface area contributed by atoms with Crippen LogP contribution in [-0.4, -0.2) is 41.1 Å². The predicted octanol–water partition coefficient (Wildman–Crippen LogP) is 4.26. The van der Waals surface area contributed by atoms with E-state index < -0.39 is 0 Å². The smallest absolute Gasteiger partial charge is 0.266 e. The fourth-order valence-electron chi connectivity index (χ4n) is 4.39. The molecule has 4 aromatic rings. The van der Waals surface area contributed by atoms with Gasteiger partial charge in [0.25, 0.3) is 11.5 Å². The number of aromatic nitrogens is 2. The Labute approximate surface area is 201 Å². The Morgan fingerprint density at radius 2 is 1.79 bits per heavy atom. The van der Waals surface area contributed by atoms with Crippen LogP contribution >= 0.6 is 12.2 Å². The number of benzene rings is 3. The lowest BCUT2D eigenvalue weighted by Gasteiger charge is -2.29. The van der Waals surface area contributed by atoms with Crippen molar-refractivity contribution in [3.8, 4) is 17.2 Å². The highest BCUT2D eigenvalue weighted by molar-refractivity contribution is 7.71.